The molecule has 0 spiro atoms. The minimum absolute atomic E-state index is 0.00709. The fraction of sp³-hybridized carbons (Fsp3) is 0.0909. The van der Waals surface area contributed by atoms with Crippen LogP contribution in [0.1, 0.15) is 27.5 Å². The molecule has 2 amide bonds. The van der Waals surface area contributed by atoms with Gasteiger partial charge >= 0.3 is 0 Å². The number of carbonyl (C=O) groups is 2. The normalized spacial score (nSPS) is 11.6. The topological polar surface area (TPSA) is 96.2 Å². The molecular formula is C22H20BrClN4O2. The third-order valence-corrected chi connectivity index (χ3v) is 5.19. The number of hydrazine groups is 1. The maximum Gasteiger partial charge on any atom is 0.255 e. The van der Waals surface area contributed by atoms with E-state index in [1.807, 2.05) is 48.5 Å². The highest BCUT2D eigenvalue weighted by Gasteiger charge is 2.20. The number of hydrogen-bond donors (Lipinski definition) is 4. The van der Waals surface area contributed by atoms with Gasteiger partial charge in [-0.15, -0.1) is 0 Å². The van der Waals surface area contributed by atoms with Crippen LogP contribution in [0.15, 0.2) is 77.3 Å². The quantitative estimate of drug-likeness (QED) is 0.230. The first kappa shape index (κ1) is 22.0. The van der Waals surface area contributed by atoms with Crippen LogP contribution in [0.25, 0.3) is 0 Å². The summed E-state index contributed by atoms with van der Waals surface area (Å²) in [5, 5.41) is 6.72. The Bertz CT molecular complexity index is 1030. The van der Waals surface area contributed by atoms with E-state index in [0.29, 0.717) is 16.3 Å². The predicted octanol–water partition coefficient (Wildman–Crippen LogP) is 4.02. The smallest absolute Gasteiger partial charge is 0.255 e. The first-order valence-corrected chi connectivity index (χ1v) is 10.3. The number of nitrogens with two attached hydrogens (primary N) is 1. The Labute approximate surface area is 187 Å². The van der Waals surface area contributed by atoms with Gasteiger partial charge in [-0.25, -0.2) is 5.84 Å². The van der Waals surface area contributed by atoms with E-state index in [2.05, 4.69) is 32.0 Å². The lowest BCUT2D eigenvalue weighted by molar-refractivity contribution is -0.120. The molecule has 0 saturated carbocycles. The SMILES string of the molecule is NNC(=O)CN[C@H](c1ccccc1)c1cc(Br)ccc1NC(=O)c1ccc(Cl)cc1. The molecule has 5 N–H and O–H groups in total. The summed E-state index contributed by atoms with van der Waals surface area (Å²) in [6.07, 6.45) is 0. The average molecular weight is 488 g/mol. The van der Waals surface area contributed by atoms with Crippen molar-refractivity contribution in [1.82, 2.24) is 10.7 Å². The van der Waals surface area contributed by atoms with Crippen molar-refractivity contribution in [2.75, 3.05) is 11.9 Å². The zero-order valence-corrected chi connectivity index (χ0v) is 18.2. The van der Waals surface area contributed by atoms with Gasteiger partial charge in [-0.1, -0.05) is 57.9 Å². The van der Waals surface area contributed by atoms with Gasteiger partial charge < -0.3 is 5.32 Å². The summed E-state index contributed by atoms with van der Waals surface area (Å²) in [5.74, 6) is 4.61. The van der Waals surface area contributed by atoms with Gasteiger partial charge in [0.05, 0.1) is 12.6 Å². The summed E-state index contributed by atoms with van der Waals surface area (Å²) in [6, 6.07) is 21.5. The molecule has 154 valence electrons. The second-order valence-electron chi connectivity index (χ2n) is 6.48. The molecule has 0 unspecified atom stereocenters. The zero-order valence-electron chi connectivity index (χ0n) is 15.9. The van der Waals surface area contributed by atoms with Crippen molar-refractivity contribution in [3.63, 3.8) is 0 Å². The van der Waals surface area contributed by atoms with Crippen LogP contribution >= 0.6 is 27.5 Å². The third-order valence-electron chi connectivity index (χ3n) is 4.44. The Morgan fingerprint density at radius 2 is 1.70 bits per heavy atom. The number of rotatable bonds is 7. The standard InChI is InChI=1S/C22H20BrClN4O2/c23-16-8-11-19(27-22(30)15-6-9-17(24)10-7-15)18(12-16)21(26-13-20(29)28-25)14-4-2-1-3-5-14/h1-12,21,26H,13,25H2,(H,27,30)(H,28,29)/t21-/m1/s1. The van der Waals surface area contributed by atoms with E-state index in [1.54, 1.807) is 24.3 Å². The Hall–Kier alpha value is -2.71. The number of benzene rings is 3. The number of anilines is 1. The maximum absolute atomic E-state index is 12.8. The van der Waals surface area contributed by atoms with Gasteiger partial charge in [0.25, 0.3) is 5.91 Å². The van der Waals surface area contributed by atoms with E-state index in [1.165, 1.54) is 0 Å². The van der Waals surface area contributed by atoms with Crippen LogP contribution in [0, 0.1) is 0 Å². The number of nitrogens with one attached hydrogen (secondary N) is 3. The molecule has 0 aliphatic rings. The van der Waals surface area contributed by atoms with Crippen LogP contribution in [-0.4, -0.2) is 18.4 Å². The van der Waals surface area contributed by atoms with E-state index >= 15 is 0 Å². The van der Waals surface area contributed by atoms with Crippen molar-refractivity contribution in [2.24, 2.45) is 5.84 Å². The Morgan fingerprint density at radius 1 is 1.00 bits per heavy atom. The number of carbonyl (C=O) groups excluding carboxylic acids is 2. The van der Waals surface area contributed by atoms with Crippen LogP contribution in [0.2, 0.25) is 5.02 Å². The first-order valence-electron chi connectivity index (χ1n) is 9.12. The van der Waals surface area contributed by atoms with Crippen LogP contribution in [0.4, 0.5) is 5.69 Å². The van der Waals surface area contributed by atoms with Crippen molar-refractivity contribution in [3.05, 3.63) is 99.0 Å². The summed E-state index contributed by atoms with van der Waals surface area (Å²) in [6.45, 7) is 0.00709. The minimum Gasteiger partial charge on any atom is -0.322 e. The van der Waals surface area contributed by atoms with Gasteiger partial charge in [-0.2, -0.15) is 0 Å². The molecular weight excluding hydrogens is 468 g/mol. The fourth-order valence-corrected chi connectivity index (χ4v) is 3.49. The van der Waals surface area contributed by atoms with Crippen molar-refractivity contribution in [1.29, 1.82) is 0 Å². The molecule has 0 aromatic heterocycles. The van der Waals surface area contributed by atoms with E-state index in [0.717, 1.165) is 15.6 Å². The molecule has 30 heavy (non-hydrogen) atoms. The Kier molecular flexibility index (Phi) is 7.59. The summed E-state index contributed by atoms with van der Waals surface area (Å²) >= 11 is 9.41. The van der Waals surface area contributed by atoms with E-state index in [-0.39, 0.29) is 24.4 Å². The zero-order chi connectivity index (χ0) is 21.5. The second-order valence-corrected chi connectivity index (χ2v) is 7.84. The van der Waals surface area contributed by atoms with Crippen molar-refractivity contribution >= 4 is 45.0 Å². The molecule has 3 aromatic rings. The number of amides is 2. The molecule has 3 aromatic carbocycles. The molecule has 0 fully saturated rings. The molecule has 3 rings (SSSR count). The summed E-state index contributed by atoms with van der Waals surface area (Å²) in [4.78, 5) is 24.5. The first-order chi connectivity index (χ1) is 14.5. The van der Waals surface area contributed by atoms with Crippen molar-refractivity contribution in [2.45, 2.75) is 6.04 Å². The highest BCUT2D eigenvalue weighted by Crippen LogP contribution is 2.31. The summed E-state index contributed by atoms with van der Waals surface area (Å²) < 4.78 is 0.841. The second kappa shape index (κ2) is 10.4. The third kappa shape index (κ3) is 5.67. The molecule has 0 radical (unpaired) electrons. The predicted molar refractivity (Wildman–Crippen MR) is 122 cm³/mol. The number of hydrogen-bond acceptors (Lipinski definition) is 4. The number of halogens is 2. The molecule has 8 heteroatoms. The molecule has 6 nitrogen and oxygen atoms in total. The lowest BCUT2D eigenvalue weighted by atomic mass is 9.96. The maximum atomic E-state index is 12.8. The van der Waals surface area contributed by atoms with Gasteiger partial charge in [-0.3, -0.25) is 20.3 Å². The molecule has 1 atom stereocenters. The van der Waals surface area contributed by atoms with Gasteiger partial charge in [0.15, 0.2) is 0 Å². The molecule has 0 aliphatic heterocycles. The van der Waals surface area contributed by atoms with Crippen molar-refractivity contribution < 1.29 is 9.59 Å². The van der Waals surface area contributed by atoms with Gasteiger partial charge in [0.2, 0.25) is 5.91 Å². The van der Waals surface area contributed by atoms with E-state index in [4.69, 9.17) is 17.4 Å². The van der Waals surface area contributed by atoms with Gasteiger partial charge in [0, 0.05) is 20.7 Å². The van der Waals surface area contributed by atoms with Crippen LogP contribution in [0.3, 0.4) is 0 Å². The highest BCUT2D eigenvalue weighted by atomic mass is 79.9. The summed E-state index contributed by atoms with van der Waals surface area (Å²) in [5.41, 5.74) is 4.95. The Balaban J connectivity index is 1.96. The monoisotopic (exact) mass is 486 g/mol. The summed E-state index contributed by atoms with van der Waals surface area (Å²) in [7, 11) is 0. The molecule has 0 saturated heterocycles. The van der Waals surface area contributed by atoms with E-state index < -0.39 is 0 Å². The largest absolute Gasteiger partial charge is 0.322 e. The Morgan fingerprint density at radius 3 is 2.37 bits per heavy atom. The lowest BCUT2D eigenvalue weighted by Gasteiger charge is -2.23. The van der Waals surface area contributed by atoms with Gasteiger partial charge in [-0.05, 0) is 53.6 Å². The highest BCUT2D eigenvalue weighted by molar-refractivity contribution is 9.10. The van der Waals surface area contributed by atoms with Gasteiger partial charge in [0.1, 0.15) is 0 Å². The average Bonchev–Trinajstić information content (AvgIpc) is 2.76. The molecule has 0 aliphatic carbocycles. The van der Waals surface area contributed by atoms with Crippen LogP contribution < -0.4 is 21.9 Å². The molecule has 0 bridgehead atoms. The minimum atomic E-state index is -0.360. The fourth-order valence-electron chi connectivity index (χ4n) is 2.98. The van der Waals surface area contributed by atoms with Crippen LogP contribution in [-0.2, 0) is 4.79 Å². The lowest BCUT2D eigenvalue weighted by Crippen LogP contribution is -2.39. The van der Waals surface area contributed by atoms with Crippen molar-refractivity contribution in [3.8, 4) is 0 Å². The molecule has 0 heterocycles. The van der Waals surface area contributed by atoms with Crippen LogP contribution in [0.5, 0.6) is 0 Å². The van der Waals surface area contributed by atoms with E-state index in [9.17, 15) is 9.59 Å².